The fraction of sp³-hybridized carbons (Fsp3) is 0.0556. The number of benzene rings is 2. The Bertz CT molecular complexity index is 894. The number of tetrazole rings is 1. The first-order chi connectivity index (χ1) is 11.8. The summed E-state index contributed by atoms with van der Waals surface area (Å²) in [5, 5.41) is 15.2. The molecule has 4 nitrogen and oxygen atoms in total. The standard InChI is InChI=1S/C18H13BrN4S/c19-17-15(11-12-24-17)18-20-22-23(21-18)16(13-7-3-1-4-8-13)14-9-5-2-6-10-14/h1-12,16H. The van der Waals surface area contributed by atoms with Crippen molar-refractivity contribution in [3.63, 3.8) is 0 Å². The molecule has 0 saturated carbocycles. The second-order valence-corrected chi connectivity index (χ2v) is 7.50. The Hall–Kier alpha value is -2.31. The number of hydrogen-bond donors (Lipinski definition) is 0. The first-order valence-corrected chi connectivity index (χ1v) is 9.13. The fourth-order valence-electron chi connectivity index (χ4n) is 2.63. The summed E-state index contributed by atoms with van der Waals surface area (Å²) < 4.78 is 1.01. The minimum absolute atomic E-state index is 0.105. The molecule has 4 rings (SSSR count). The van der Waals surface area contributed by atoms with E-state index in [2.05, 4.69) is 55.6 Å². The average Bonchev–Trinajstić information content (AvgIpc) is 3.26. The zero-order valence-corrected chi connectivity index (χ0v) is 15.0. The lowest BCUT2D eigenvalue weighted by atomic mass is 9.99. The quantitative estimate of drug-likeness (QED) is 0.497. The smallest absolute Gasteiger partial charge is 0.152 e. The number of rotatable bonds is 4. The van der Waals surface area contributed by atoms with Gasteiger partial charge in [-0.1, -0.05) is 60.7 Å². The Morgan fingerprint density at radius 2 is 1.50 bits per heavy atom. The summed E-state index contributed by atoms with van der Waals surface area (Å²) >= 11 is 5.15. The number of aromatic nitrogens is 4. The van der Waals surface area contributed by atoms with Crippen molar-refractivity contribution in [3.05, 3.63) is 87.0 Å². The Morgan fingerprint density at radius 1 is 0.875 bits per heavy atom. The highest BCUT2D eigenvalue weighted by Crippen LogP contribution is 2.31. The molecular weight excluding hydrogens is 384 g/mol. The number of nitrogens with zero attached hydrogens (tertiary/aromatic N) is 4. The van der Waals surface area contributed by atoms with Crippen LogP contribution in [0.5, 0.6) is 0 Å². The van der Waals surface area contributed by atoms with Gasteiger partial charge in [0.2, 0.25) is 5.82 Å². The molecule has 0 unspecified atom stereocenters. The van der Waals surface area contributed by atoms with Crippen molar-refractivity contribution in [1.29, 1.82) is 0 Å². The minimum atomic E-state index is -0.105. The van der Waals surface area contributed by atoms with Gasteiger partial charge in [-0.15, -0.1) is 21.5 Å². The average molecular weight is 397 g/mol. The van der Waals surface area contributed by atoms with E-state index in [9.17, 15) is 0 Å². The summed E-state index contributed by atoms with van der Waals surface area (Å²) in [6.45, 7) is 0. The molecular formula is C18H13BrN4S. The van der Waals surface area contributed by atoms with E-state index in [0.717, 1.165) is 20.5 Å². The van der Waals surface area contributed by atoms with Gasteiger partial charge in [0.25, 0.3) is 0 Å². The predicted molar refractivity (Wildman–Crippen MR) is 99.0 cm³/mol. The molecule has 0 atom stereocenters. The first-order valence-electron chi connectivity index (χ1n) is 7.45. The van der Waals surface area contributed by atoms with E-state index in [0.29, 0.717) is 5.82 Å². The van der Waals surface area contributed by atoms with E-state index in [1.165, 1.54) is 0 Å². The van der Waals surface area contributed by atoms with Crippen molar-refractivity contribution in [2.45, 2.75) is 6.04 Å². The minimum Gasteiger partial charge on any atom is -0.152 e. The Kier molecular flexibility index (Phi) is 4.23. The van der Waals surface area contributed by atoms with Gasteiger partial charge in [-0.25, -0.2) is 0 Å². The largest absolute Gasteiger partial charge is 0.206 e. The van der Waals surface area contributed by atoms with Crippen LogP contribution in [0.4, 0.5) is 0 Å². The van der Waals surface area contributed by atoms with Crippen molar-refractivity contribution >= 4 is 27.3 Å². The maximum atomic E-state index is 4.64. The van der Waals surface area contributed by atoms with Crippen molar-refractivity contribution in [2.75, 3.05) is 0 Å². The molecule has 0 N–H and O–H groups in total. The third kappa shape index (κ3) is 2.90. The van der Waals surface area contributed by atoms with Crippen LogP contribution in [0.1, 0.15) is 17.2 Å². The monoisotopic (exact) mass is 396 g/mol. The number of halogens is 1. The number of hydrogen-bond acceptors (Lipinski definition) is 4. The van der Waals surface area contributed by atoms with Crippen LogP contribution in [-0.4, -0.2) is 20.2 Å². The number of thiophene rings is 1. The van der Waals surface area contributed by atoms with Gasteiger partial charge in [0, 0.05) is 5.56 Å². The Morgan fingerprint density at radius 3 is 2.04 bits per heavy atom. The van der Waals surface area contributed by atoms with Gasteiger partial charge in [0.15, 0.2) is 0 Å². The summed E-state index contributed by atoms with van der Waals surface area (Å²) in [5.74, 6) is 0.625. The summed E-state index contributed by atoms with van der Waals surface area (Å²) in [4.78, 5) is 1.68. The first kappa shape index (κ1) is 15.2. The van der Waals surface area contributed by atoms with Gasteiger partial charge >= 0.3 is 0 Å². The van der Waals surface area contributed by atoms with E-state index in [4.69, 9.17) is 0 Å². The van der Waals surface area contributed by atoms with Gasteiger partial charge < -0.3 is 0 Å². The van der Waals surface area contributed by atoms with Gasteiger partial charge in [-0.2, -0.15) is 4.80 Å². The second-order valence-electron chi connectivity index (χ2n) is 5.27. The Balaban J connectivity index is 1.80. The molecule has 0 aliphatic heterocycles. The van der Waals surface area contributed by atoms with Crippen molar-refractivity contribution in [1.82, 2.24) is 20.2 Å². The fourth-order valence-corrected chi connectivity index (χ4v) is 3.87. The van der Waals surface area contributed by atoms with E-state index < -0.39 is 0 Å². The normalized spacial score (nSPS) is 11.1. The van der Waals surface area contributed by atoms with Gasteiger partial charge in [-0.05, 0) is 43.7 Å². The van der Waals surface area contributed by atoms with Crippen molar-refractivity contribution in [2.24, 2.45) is 0 Å². The van der Waals surface area contributed by atoms with Crippen molar-refractivity contribution in [3.8, 4) is 11.4 Å². The van der Waals surface area contributed by atoms with Gasteiger partial charge in [-0.3, -0.25) is 0 Å². The van der Waals surface area contributed by atoms with Crippen LogP contribution in [0.25, 0.3) is 11.4 Å². The van der Waals surface area contributed by atoms with Crippen LogP contribution in [0.2, 0.25) is 0 Å². The summed E-state index contributed by atoms with van der Waals surface area (Å²) in [6.07, 6.45) is 0. The predicted octanol–water partition coefficient (Wildman–Crippen LogP) is 4.80. The van der Waals surface area contributed by atoms with Gasteiger partial charge in [0.1, 0.15) is 6.04 Å². The molecule has 0 bridgehead atoms. The molecule has 0 amide bonds. The van der Waals surface area contributed by atoms with Crippen molar-refractivity contribution < 1.29 is 0 Å². The lowest BCUT2D eigenvalue weighted by Gasteiger charge is -2.16. The molecule has 0 fully saturated rings. The van der Waals surface area contributed by atoms with E-state index >= 15 is 0 Å². The molecule has 6 heteroatoms. The molecule has 0 saturated heterocycles. The zero-order valence-electron chi connectivity index (χ0n) is 12.6. The second kappa shape index (κ2) is 6.67. The lowest BCUT2D eigenvalue weighted by molar-refractivity contribution is 0.505. The molecule has 0 aliphatic carbocycles. The van der Waals surface area contributed by atoms with Crippen LogP contribution in [-0.2, 0) is 0 Å². The third-order valence-electron chi connectivity index (χ3n) is 3.75. The summed E-state index contributed by atoms with van der Waals surface area (Å²) in [5.41, 5.74) is 3.21. The molecule has 2 heterocycles. The summed E-state index contributed by atoms with van der Waals surface area (Å²) in [6, 6.07) is 22.4. The van der Waals surface area contributed by atoms with Crippen LogP contribution in [0.3, 0.4) is 0 Å². The maximum absolute atomic E-state index is 4.64. The summed E-state index contributed by atoms with van der Waals surface area (Å²) in [7, 11) is 0. The maximum Gasteiger partial charge on any atom is 0.206 e. The van der Waals surface area contributed by atoms with Crippen LogP contribution >= 0.6 is 27.3 Å². The molecule has 0 aliphatic rings. The third-order valence-corrected chi connectivity index (χ3v) is 5.44. The van der Waals surface area contributed by atoms with Crippen LogP contribution in [0, 0.1) is 0 Å². The molecule has 0 radical (unpaired) electrons. The lowest BCUT2D eigenvalue weighted by Crippen LogP contribution is -2.15. The van der Waals surface area contributed by atoms with E-state index in [-0.39, 0.29) is 6.04 Å². The molecule has 2 aromatic carbocycles. The van der Waals surface area contributed by atoms with E-state index in [1.54, 1.807) is 16.1 Å². The molecule has 2 aromatic heterocycles. The zero-order chi connectivity index (χ0) is 16.4. The van der Waals surface area contributed by atoms with Crippen LogP contribution in [0.15, 0.2) is 75.9 Å². The highest BCUT2D eigenvalue weighted by molar-refractivity contribution is 9.11. The highest BCUT2D eigenvalue weighted by Gasteiger charge is 2.20. The SMILES string of the molecule is Brc1sccc1-c1nnn(C(c2ccccc2)c2ccccc2)n1. The highest BCUT2D eigenvalue weighted by atomic mass is 79.9. The Labute approximate surface area is 151 Å². The molecule has 0 spiro atoms. The molecule has 4 aromatic rings. The molecule has 24 heavy (non-hydrogen) atoms. The molecule has 118 valence electrons. The van der Waals surface area contributed by atoms with E-state index in [1.807, 2.05) is 47.8 Å². The van der Waals surface area contributed by atoms with Gasteiger partial charge in [0.05, 0.1) is 3.79 Å². The van der Waals surface area contributed by atoms with Crippen LogP contribution < -0.4 is 0 Å². The topological polar surface area (TPSA) is 43.6 Å².